The highest BCUT2D eigenvalue weighted by atomic mass is 14.9. The van der Waals surface area contributed by atoms with Crippen LogP contribution in [0.5, 0.6) is 0 Å². The second-order valence-corrected chi connectivity index (χ2v) is 5.90. The fraction of sp³-hybridized carbons (Fsp3) is 0.0952. The van der Waals surface area contributed by atoms with Crippen LogP contribution >= 0.6 is 0 Å². The van der Waals surface area contributed by atoms with Crippen molar-refractivity contribution in [3.63, 3.8) is 0 Å². The lowest BCUT2D eigenvalue weighted by Crippen LogP contribution is -1.96. The summed E-state index contributed by atoms with van der Waals surface area (Å²) >= 11 is 0. The second kappa shape index (κ2) is 6.89. The fourth-order valence-electron chi connectivity index (χ4n) is 2.62. The molecule has 3 heteroatoms. The van der Waals surface area contributed by atoms with Crippen LogP contribution in [0.1, 0.15) is 16.7 Å². The lowest BCUT2D eigenvalue weighted by atomic mass is 10.1. The normalized spacial score (nSPS) is 10.0. The first-order chi connectivity index (χ1) is 11.6. The summed E-state index contributed by atoms with van der Waals surface area (Å²) < 4.78 is 0. The molecular formula is C21H19N3. The van der Waals surface area contributed by atoms with Crippen LogP contribution in [-0.4, -0.2) is 0 Å². The Morgan fingerprint density at radius 2 is 1.17 bits per heavy atom. The molecule has 3 nitrogen and oxygen atoms in total. The maximum atomic E-state index is 9.30. The minimum atomic E-state index is 0.614. The maximum Gasteiger partial charge on any atom is 0.0993 e. The van der Waals surface area contributed by atoms with E-state index < -0.39 is 0 Å². The van der Waals surface area contributed by atoms with Gasteiger partial charge in [-0.25, -0.2) is 0 Å². The van der Waals surface area contributed by atoms with Gasteiger partial charge < -0.3 is 10.6 Å². The molecule has 0 aliphatic carbocycles. The Labute approximate surface area is 142 Å². The van der Waals surface area contributed by atoms with Crippen LogP contribution in [-0.2, 0) is 0 Å². The third kappa shape index (κ3) is 3.93. The van der Waals surface area contributed by atoms with Crippen LogP contribution < -0.4 is 10.6 Å². The molecule has 0 saturated heterocycles. The van der Waals surface area contributed by atoms with Gasteiger partial charge in [-0.2, -0.15) is 5.26 Å². The Kier molecular flexibility index (Phi) is 4.49. The molecule has 0 spiro atoms. The van der Waals surface area contributed by atoms with Gasteiger partial charge in [0, 0.05) is 22.7 Å². The first-order valence-electron chi connectivity index (χ1n) is 7.85. The van der Waals surface area contributed by atoms with E-state index in [0.29, 0.717) is 5.56 Å². The highest BCUT2D eigenvalue weighted by Crippen LogP contribution is 2.25. The van der Waals surface area contributed by atoms with Gasteiger partial charge in [-0.05, 0) is 67.4 Å². The number of aryl methyl sites for hydroxylation is 2. The van der Waals surface area contributed by atoms with Crippen molar-refractivity contribution in [3.8, 4) is 6.07 Å². The van der Waals surface area contributed by atoms with E-state index in [-0.39, 0.29) is 0 Å². The van der Waals surface area contributed by atoms with Crippen molar-refractivity contribution in [1.82, 2.24) is 0 Å². The van der Waals surface area contributed by atoms with Crippen LogP contribution in [0.3, 0.4) is 0 Å². The molecule has 0 unspecified atom stereocenters. The number of hydrogen-bond acceptors (Lipinski definition) is 3. The topological polar surface area (TPSA) is 47.9 Å². The van der Waals surface area contributed by atoms with Crippen molar-refractivity contribution in [2.75, 3.05) is 10.6 Å². The fourth-order valence-corrected chi connectivity index (χ4v) is 2.62. The molecule has 0 saturated carbocycles. The minimum Gasteiger partial charge on any atom is -0.355 e. The molecule has 3 aromatic carbocycles. The first kappa shape index (κ1) is 15.6. The molecule has 3 aromatic rings. The van der Waals surface area contributed by atoms with Gasteiger partial charge in [-0.1, -0.05) is 24.3 Å². The predicted molar refractivity (Wildman–Crippen MR) is 100 cm³/mol. The molecule has 0 heterocycles. The molecular weight excluding hydrogens is 294 g/mol. The quantitative estimate of drug-likeness (QED) is 0.653. The largest absolute Gasteiger partial charge is 0.355 e. The zero-order chi connectivity index (χ0) is 16.9. The number of benzene rings is 3. The van der Waals surface area contributed by atoms with E-state index in [1.54, 1.807) is 0 Å². The Hall–Kier alpha value is -3.25. The number of rotatable bonds is 4. The zero-order valence-electron chi connectivity index (χ0n) is 13.8. The molecule has 2 N–H and O–H groups in total. The van der Waals surface area contributed by atoms with E-state index in [0.717, 1.165) is 22.7 Å². The molecule has 0 atom stereocenters. The molecule has 0 aliphatic heterocycles. The number of nitrogens with one attached hydrogen (secondary N) is 2. The van der Waals surface area contributed by atoms with E-state index in [9.17, 15) is 5.26 Å². The Morgan fingerprint density at radius 3 is 1.58 bits per heavy atom. The summed E-state index contributed by atoms with van der Waals surface area (Å²) in [5.74, 6) is 0. The monoisotopic (exact) mass is 313 g/mol. The van der Waals surface area contributed by atoms with Crippen molar-refractivity contribution in [1.29, 1.82) is 5.26 Å². The standard InChI is InChI=1S/C21H19N3/c1-15-5-3-7-18(9-15)23-20-11-17(14-22)12-21(13-20)24-19-8-4-6-16(2)10-19/h3-13,23-24H,1-2H3. The molecule has 3 rings (SSSR count). The molecule has 118 valence electrons. The Morgan fingerprint density at radius 1 is 0.667 bits per heavy atom. The summed E-state index contributed by atoms with van der Waals surface area (Å²) in [5, 5.41) is 16.0. The number of nitriles is 1. The van der Waals surface area contributed by atoms with Gasteiger partial charge in [0.25, 0.3) is 0 Å². The van der Waals surface area contributed by atoms with Gasteiger partial charge in [0.15, 0.2) is 0 Å². The van der Waals surface area contributed by atoms with Crippen LogP contribution in [0.15, 0.2) is 66.7 Å². The maximum absolute atomic E-state index is 9.30. The van der Waals surface area contributed by atoms with Crippen molar-refractivity contribution >= 4 is 22.7 Å². The molecule has 0 radical (unpaired) electrons. The third-order valence-electron chi connectivity index (χ3n) is 3.68. The summed E-state index contributed by atoms with van der Waals surface area (Å²) in [6.07, 6.45) is 0. The van der Waals surface area contributed by atoms with Crippen molar-refractivity contribution in [2.45, 2.75) is 13.8 Å². The lowest BCUT2D eigenvalue weighted by Gasteiger charge is -2.12. The second-order valence-electron chi connectivity index (χ2n) is 5.90. The average Bonchev–Trinajstić information content (AvgIpc) is 2.54. The zero-order valence-corrected chi connectivity index (χ0v) is 13.8. The van der Waals surface area contributed by atoms with Crippen LogP contribution in [0.2, 0.25) is 0 Å². The predicted octanol–water partition coefficient (Wildman–Crippen LogP) is 5.66. The summed E-state index contributed by atoms with van der Waals surface area (Å²) in [7, 11) is 0. The SMILES string of the molecule is Cc1cccc(Nc2cc(C#N)cc(Nc3cccc(C)c3)c2)c1. The number of nitrogens with zero attached hydrogens (tertiary/aromatic N) is 1. The molecule has 24 heavy (non-hydrogen) atoms. The van der Waals surface area contributed by atoms with E-state index >= 15 is 0 Å². The van der Waals surface area contributed by atoms with Gasteiger partial charge >= 0.3 is 0 Å². The highest BCUT2D eigenvalue weighted by molar-refractivity contribution is 5.71. The van der Waals surface area contributed by atoms with E-state index in [1.807, 2.05) is 42.5 Å². The minimum absolute atomic E-state index is 0.614. The van der Waals surface area contributed by atoms with Gasteiger partial charge in [-0.15, -0.1) is 0 Å². The highest BCUT2D eigenvalue weighted by Gasteiger charge is 2.03. The summed E-state index contributed by atoms with van der Waals surface area (Å²) in [6, 6.07) is 24.2. The summed E-state index contributed by atoms with van der Waals surface area (Å²) in [6.45, 7) is 4.11. The van der Waals surface area contributed by atoms with Crippen molar-refractivity contribution in [3.05, 3.63) is 83.4 Å². The van der Waals surface area contributed by atoms with Crippen LogP contribution in [0.25, 0.3) is 0 Å². The van der Waals surface area contributed by atoms with Gasteiger partial charge in [0.05, 0.1) is 11.6 Å². The summed E-state index contributed by atoms with van der Waals surface area (Å²) in [5.41, 5.74) is 6.77. The molecule has 0 fully saturated rings. The third-order valence-corrected chi connectivity index (χ3v) is 3.68. The molecule has 0 aromatic heterocycles. The van der Waals surface area contributed by atoms with Crippen LogP contribution in [0.4, 0.5) is 22.7 Å². The first-order valence-corrected chi connectivity index (χ1v) is 7.85. The van der Waals surface area contributed by atoms with Gasteiger partial charge in [-0.3, -0.25) is 0 Å². The van der Waals surface area contributed by atoms with E-state index in [2.05, 4.69) is 54.8 Å². The van der Waals surface area contributed by atoms with Crippen LogP contribution in [0, 0.1) is 25.2 Å². The lowest BCUT2D eigenvalue weighted by molar-refractivity contribution is 1.42. The van der Waals surface area contributed by atoms with Crippen molar-refractivity contribution < 1.29 is 0 Å². The smallest absolute Gasteiger partial charge is 0.0993 e. The van der Waals surface area contributed by atoms with Gasteiger partial charge in [0.1, 0.15) is 0 Å². The summed E-state index contributed by atoms with van der Waals surface area (Å²) in [4.78, 5) is 0. The molecule has 0 bridgehead atoms. The van der Waals surface area contributed by atoms with E-state index in [1.165, 1.54) is 11.1 Å². The average molecular weight is 313 g/mol. The molecule has 0 amide bonds. The Balaban J connectivity index is 1.89. The van der Waals surface area contributed by atoms with Crippen molar-refractivity contribution in [2.24, 2.45) is 0 Å². The number of hydrogen-bond donors (Lipinski definition) is 2. The number of anilines is 4. The van der Waals surface area contributed by atoms with E-state index in [4.69, 9.17) is 0 Å². The molecule has 0 aliphatic rings. The Bertz CT molecular complexity index is 841. The van der Waals surface area contributed by atoms with Gasteiger partial charge in [0.2, 0.25) is 0 Å².